The molecule has 1 saturated carbocycles. The van der Waals surface area contributed by atoms with Gasteiger partial charge in [0.05, 0.1) is 12.2 Å². The Bertz CT molecular complexity index is 87.8. The van der Waals surface area contributed by atoms with Crippen molar-refractivity contribution in [3.63, 3.8) is 0 Å². The van der Waals surface area contributed by atoms with Crippen molar-refractivity contribution in [2.45, 2.75) is 38.9 Å². The third-order valence-electron chi connectivity index (χ3n) is 2.54. The second-order valence-electron chi connectivity index (χ2n) is 3.56. The fourth-order valence-electron chi connectivity index (χ4n) is 1.54. The Morgan fingerprint density at radius 3 is 1.50 bits per heavy atom. The first-order chi connectivity index (χ1) is 4.61. The van der Waals surface area contributed by atoms with E-state index in [-0.39, 0.29) is 24.0 Å². The Labute approximate surface area is 61.9 Å². The van der Waals surface area contributed by atoms with E-state index in [1.54, 1.807) is 0 Å². The third-order valence-corrected chi connectivity index (χ3v) is 2.54. The fourth-order valence-corrected chi connectivity index (χ4v) is 1.54. The molecule has 10 heavy (non-hydrogen) atoms. The summed E-state index contributed by atoms with van der Waals surface area (Å²) in [6.45, 7) is 3.97. The molecule has 0 amide bonds. The topological polar surface area (TPSA) is 40.5 Å². The summed E-state index contributed by atoms with van der Waals surface area (Å²) < 4.78 is 0. The van der Waals surface area contributed by atoms with E-state index in [2.05, 4.69) is 0 Å². The maximum Gasteiger partial charge on any atom is 0.0570 e. The summed E-state index contributed by atoms with van der Waals surface area (Å²) in [7, 11) is 0. The highest BCUT2D eigenvalue weighted by Gasteiger charge is 2.29. The van der Waals surface area contributed by atoms with Gasteiger partial charge in [-0.15, -0.1) is 0 Å². The molecule has 0 aromatic rings. The number of hydrogen-bond acceptors (Lipinski definition) is 2. The molecule has 0 aliphatic heterocycles. The van der Waals surface area contributed by atoms with Crippen molar-refractivity contribution < 1.29 is 10.2 Å². The second kappa shape index (κ2) is 2.89. The third kappa shape index (κ3) is 1.50. The van der Waals surface area contributed by atoms with Gasteiger partial charge in [-0.2, -0.15) is 0 Å². The lowest BCUT2D eigenvalue weighted by molar-refractivity contribution is -0.0203. The molecule has 0 aromatic carbocycles. The van der Waals surface area contributed by atoms with E-state index in [9.17, 15) is 10.2 Å². The Morgan fingerprint density at radius 2 is 1.20 bits per heavy atom. The van der Waals surface area contributed by atoms with Gasteiger partial charge in [0.1, 0.15) is 0 Å². The molecule has 2 unspecified atom stereocenters. The van der Waals surface area contributed by atoms with Crippen LogP contribution in [0.25, 0.3) is 0 Å². The van der Waals surface area contributed by atoms with Gasteiger partial charge < -0.3 is 10.2 Å². The molecule has 0 saturated heterocycles. The number of aliphatic hydroxyl groups excluding tert-OH is 2. The molecule has 0 aromatic heterocycles. The predicted octanol–water partition coefficient (Wildman–Crippen LogP) is 0.774. The predicted molar refractivity (Wildman–Crippen MR) is 39.6 cm³/mol. The summed E-state index contributed by atoms with van der Waals surface area (Å²) in [4.78, 5) is 0. The Morgan fingerprint density at radius 1 is 0.900 bits per heavy atom. The molecule has 2 heteroatoms. The average Bonchev–Trinajstić information content (AvgIpc) is 1.84. The Balaban J connectivity index is 2.46. The van der Waals surface area contributed by atoms with Gasteiger partial charge in [-0.05, 0) is 24.7 Å². The molecule has 2 nitrogen and oxygen atoms in total. The number of hydrogen-bond donors (Lipinski definition) is 2. The number of rotatable bonds is 0. The summed E-state index contributed by atoms with van der Waals surface area (Å²) in [5, 5.41) is 18.7. The summed E-state index contributed by atoms with van der Waals surface area (Å²) in [5.41, 5.74) is 0. The zero-order valence-electron chi connectivity index (χ0n) is 6.62. The van der Waals surface area contributed by atoms with Crippen LogP contribution in [0.4, 0.5) is 0 Å². The molecule has 0 heterocycles. The normalized spacial score (nSPS) is 49.2. The van der Waals surface area contributed by atoms with Gasteiger partial charge in [-0.3, -0.25) is 0 Å². The quantitative estimate of drug-likeness (QED) is 0.527. The van der Waals surface area contributed by atoms with E-state index in [0.29, 0.717) is 0 Å². The van der Waals surface area contributed by atoms with Crippen LogP contribution in [0.5, 0.6) is 0 Å². The van der Waals surface area contributed by atoms with Crippen molar-refractivity contribution in [3.8, 4) is 0 Å². The first-order valence-electron chi connectivity index (χ1n) is 3.97. The van der Waals surface area contributed by atoms with Crippen molar-refractivity contribution in [1.82, 2.24) is 0 Å². The Hall–Kier alpha value is -0.0800. The zero-order valence-corrected chi connectivity index (χ0v) is 6.62. The van der Waals surface area contributed by atoms with Gasteiger partial charge in [-0.1, -0.05) is 13.8 Å². The van der Waals surface area contributed by atoms with Crippen molar-refractivity contribution in [1.29, 1.82) is 0 Å². The average molecular weight is 144 g/mol. The molecule has 0 bridgehead atoms. The largest absolute Gasteiger partial charge is 0.393 e. The van der Waals surface area contributed by atoms with Crippen molar-refractivity contribution in [2.75, 3.05) is 0 Å². The highest BCUT2D eigenvalue weighted by atomic mass is 16.3. The van der Waals surface area contributed by atoms with Crippen LogP contribution < -0.4 is 0 Å². The van der Waals surface area contributed by atoms with E-state index < -0.39 is 0 Å². The monoisotopic (exact) mass is 144 g/mol. The zero-order chi connectivity index (χ0) is 7.72. The van der Waals surface area contributed by atoms with Crippen LogP contribution in [0.1, 0.15) is 26.7 Å². The van der Waals surface area contributed by atoms with Gasteiger partial charge in [0, 0.05) is 0 Å². The standard InChI is InChI=1S/C8H16O2/c1-5-3-8(10)6(2)4-7(5)9/h5-10H,3-4H2,1-2H3/t5?,6?,7-,8-/m0/s1. The first kappa shape index (κ1) is 8.02. The molecule has 1 fully saturated rings. The molecule has 1 aliphatic rings. The minimum atomic E-state index is -0.196. The van der Waals surface area contributed by atoms with E-state index in [0.717, 1.165) is 12.8 Å². The molecule has 4 atom stereocenters. The summed E-state index contributed by atoms with van der Waals surface area (Å²) in [6.07, 6.45) is 1.11. The highest BCUT2D eigenvalue weighted by Crippen LogP contribution is 2.28. The molecular formula is C8H16O2. The van der Waals surface area contributed by atoms with Crippen molar-refractivity contribution >= 4 is 0 Å². The smallest absolute Gasteiger partial charge is 0.0570 e. The van der Waals surface area contributed by atoms with Crippen LogP contribution in [0.3, 0.4) is 0 Å². The fraction of sp³-hybridized carbons (Fsp3) is 1.00. The molecular weight excluding hydrogens is 128 g/mol. The second-order valence-corrected chi connectivity index (χ2v) is 3.56. The van der Waals surface area contributed by atoms with Crippen LogP contribution >= 0.6 is 0 Å². The van der Waals surface area contributed by atoms with E-state index in [1.165, 1.54) is 0 Å². The summed E-state index contributed by atoms with van der Waals surface area (Å²) in [5.74, 6) is 0.539. The van der Waals surface area contributed by atoms with Gasteiger partial charge in [-0.25, -0.2) is 0 Å². The minimum Gasteiger partial charge on any atom is -0.393 e. The molecule has 1 rings (SSSR count). The lowest BCUT2D eigenvalue weighted by Gasteiger charge is -2.33. The van der Waals surface area contributed by atoms with Gasteiger partial charge in [0.25, 0.3) is 0 Å². The highest BCUT2D eigenvalue weighted by molar-refractivity contribution is 4.80. The Kier molecular flexibility index (Phi) is 2.32. The van der Waals surface area contributed by atoms with E-state index in [1.807, 2.05) is 13.8 Å². The number of aliphatic hydroxyl groups is 2. The van der Waals surface area contributed by atoms with E-state index in [4.69, 9.17) is 0 Å². The van der Waals surface area contributed by atoms with Crippen molar-refractivity contribution in [3.05, 3.63) is 0 Å². The maximum atomic E-state index is 9.35. The van der Waals surface area contributed by atoms with Gasteiger partial charge >= 0.3 is 0 Å². The van der Waals surface area contributed by atoms with Crippen LogP contribution in [-0.4, -0.2) is 22.4 Å². The summed E-state index contributed by atoms with van der Waals surface area (Å²) in [6, 6.07) is 0. The maximum absolute atomic E-state index is 9.35. The lowest BCUT2D eigenvalue weighted by Crippen LogP contribution is -2.35. The first-order valence-corrected chi connectivity index (χ1v) is 3.97. The molecule has 0 spiro atoms. The van der Waals surface area contributed by atoms with Crippen LogP contribution in [0, 0.1) is 11.8 Å². The van der Waals surface area contributed by atoms with Gasteiger partial charge in [0.2, 0.25) is 0 Å². The minimum absolute atomic E-state index is 0.196. The molecule has 60 valence electrons. The van der Waals surface area contributed by atoms with E-state index >= 15 is 0 Å². The van der Waals surface area contributed by atoms with Crippen molar-refractivity contribution in [2.24, 2.45) is 11.8 Å². The lowest BCUT2D eigenvalue weighted by atomic mass is 9.80. The SMILES string of the molecule is CC1C[C@H](O)C(C)C[C@@H]1O. The van der Waals surface area contributed by atoms with Crippen LogP contribution in [0.15, 0.2) is 0 Å². The van der Waals surface area contributed by atoms with Crippen LogP contribution in [0.2, 0.25) is 0 Å². The molecule has 0 radical (unpaired) electrons. The molecule has 2 N–H and O–H groups in total. The summed E-state index contributed by atoms with van der Waals surface area (Å²) >= 11 is 0. The van der Waals surface area contributed by atoms with Crippen LogP contribution in [-0.2, 0) is 0 Å². The molecule has 1 aliphatic carbocycles. The van der Waals surface area contributed by atoms with Gasteiger partial charge in [0.15, 0.2) is 0 Å².